The number of halogens is 1. The van der Waals surface area contributed by atoms with E-state index >= 15 is 0 Å². The molecule has 4 aliphatic rings. The molecule has 0 aliphatic carbocycles. The number of nitrogens with one attached hydrogen (secondary N) is 1. The number of carbonyl (C=O) groups is 1. The summed E-state index contributed by atoms with van der Waals surface area (Å²) >= 11 is 6.78. The summed E-state index contributed by atoms with van der Waals surface area (Å²) in [5.41, 5.74) is 2.04. The molecule has 2 bridgehead atoms. The molecule has 1 N–H and O–H groups in total. The topological polar surface area (TPSA) is 54.0 Å². The van der Waals surface area contributed by atoms with Crippen LogP contribution in [-0.4, -0.2) is 60.0 Å². The van der Waals surface area contributed by atoms with Gasteiger partial charge in [0.25, 0.3) is 0 Å². The van der Waals surface area contributed by atoms with Crippen LogP contribution >= 0.6 is 11.6 Å². The van der Waals surface area contributed by atoms with Crippen LogP contribution < -0.4 is 10.2 Å². The van der Waals surface area contributed by atoms with E-state index in [-0.39, 0.29) is 17.7 Å². The molecule has 4 fully saturated rings. The molecule has 1 spiro atoms. The highest BCUT2D eigenvalue weighted by Crippen LogP contribution is 2.41. The molecule has 3 unspecified atom stereocenters. The first kappa shape index (κ1) is 23.3. The van der Waals surface area contributed by atoms with E-state index in [1.807, 2.05) is 20.8 Å². The van der Waals surface area contributed by atoms with Crippen LogP contribution in [0.2, 0.25) is 5.02 Å². The van der Waals surface area contributed by atoms with Crippen molar-refractivity contribution in [3.05, 3.63) is 28.8 Å². The van der Waals surface area contributed by atoms with Crippen molar-refractivity contribution in [2.24, 2.45) is 0 Å². The number of nitrogens with zero attached hydrogens (tertiary/aromatic N) is 2. The SMILES string of the molecule is CC(C)(C)OC(=O)NC1CC2CCC1N2Cc1ccc(N2CCC3(CCCO3)CC2)c(Cl)c1. The van der Waals surface area contributed by atoms with Crippen LogP contribution in [0.1, 0.15) is 71.3 Å². The van der Waals surface area contributed by atoms with Gasteiger partial charge in [0.2, 0.25) is 0 Å². The Morgan fingerprint density at radius 1 is 1.24 bits per heavy atom. The van der Waals surface area contributed by atoms with E-state index in [1.165, 1.54) is 24.8 Å². The van der Waals surface area contributed by atoms with Gasteiger partial charge in [-0.1, -0.05) is 17.7 Å². The van der Waals surface area contributed by atoms with E-state index < -0.39 is 5.60 Å². The molecule has 6 nitrogen and oxygen atoms in total. The quantitative estimate of drug-likeness (QED) is 0.655. The predicted octanol–water partition coefficient (Wildman–Crippen LogP) is 5.12. The van der Waals surface area contributed by atoms with Crippen LogP contribution in [0.5, 0.6) is 0 Å². The van der Waals surface area contributed by atoms with Crippen molar-refractivity contribution >= 4 is 23.4 Å². The second-order valence-corrected chi connectivity index (χ2v) is 11.8. The van der Waals surface area contributed by atoms with Crippen LogP contribution in [0.25, 0.3) is 0 Å². The van der Waals surface area contributed by atoms with Gasteiger partial charge >= 0.3 is 6.09 Å². The van der Waals surface area contributed by atoms with Crippen molar-refractivity contribution in [1.82, 2.24) is 10.2 Å². The minimum Gasteiger partial charge on any atom is -0.444 e. The molecule has 182 valence electrons. The number of piperidine rings is 1. The maximum atomic E-state index is 12.3. The Bertz CT molecular complexity index is 870. The fourth-order valence-electron chi connectivity index (χ4n) is 6.38. The van der Waals surface area contributed by atoms with Crippen LogP contribution in [-0.2, 0) is 16.0 Å². The van der Waals surface area contributed by atoms with Crippen LogP contribution in [0.3, 0.4) is 0 Å². The van der Waals surface area contributed by atoms with Gasteiger partial charge in [0.15, 0.2) is 0 Å². The molecule has 0 aromatic heterocycles. The Morgan fingerprint density at radius 3 is 2.70 bits per heavy atom. The lowest BCUT2D eigenvalue weighted by atomic mass is 9.88. The van der Waals surface area contributed by atoms with Crippen LogP contribution in [0.15, 0.2) is 18.2 Å². The number of ether oxygens (including phenoxy) is 2. The Morgan fingerprint density at radius 2 is 2.03 bits per heavy atom. The second kappa shape index (κ2) is 8.94. The monoisotopic (exact) mass is 475 g/mol. The number of alkyl carbamates (subject to hydrolysis) is 1. The molecule has 4 saturated heterocycles. The highest BCUT2D eigenvalue weighted by atomic mass is 35.5. The number of amides is 1. The van der Waals surface area contributed by atoms with Crippen molar-refractivity contribution in [3.63, 3.8) is 0 Å². The fraction of sp³-hybridized carbons (Fsp3) is 0.731. The maximum absolute atomic E-state index is 12.3. The first-order chi connectivity index (χ1) is 15.7. The summed E-state index contributed by atoms with van der Waals surface area (Å²) in [4.78, 5) is 17.3. The Hall–Kier alpha value is -1.50. The molecule has 0 radical (unpaired) electrons. The first-order valence-corrected chi connectivity index (χ1v) is 13.0. The predicted molar refractivity (Wildman–Crippen MR) is 131 cm³/mol. The summed E-state index contributed by atoms with van der Waals surface area (Å²) in [6, 6.07) is 7.60. The third kappa shape index (κ3) is 4.98. The zero-order chi connectivity index (χ0) is 23.2. The van der Waals surface area contributed by atoms with E-state index in [9.17, 15) is 4.79 Å². The summed E-state index contributed by atoms with van der Waals surface area (Å²) in [7, 11) is 0. The summed E-state index contributed by atoms with van der Waals surface area (Å²) in [6.45, 7) is 9.51. The Balaban J connectivity index is 1.19. The molecule has 1 amide bonds. The van der Waals surface area contributed by atoms with Gasteiger partial charge in [0.05, 0.1) is 16.3 Å². The number of benzene rings is 1. The summed E-state index contributed by atoms with van der Waals surface area (Å²) in [6.07, 6.45) is 7.58. The third-order valence-corrected chi connectivity index (χ3v) is 8.26. The molecule has 7 heteroatoms. The maximum Gasteiger partial charge on any atom is 0.407 e. The lowest BCUT2D eigenvalue weighted by molar-refractivity contribution is -0.0146. The molecule has 4 heterocycles. The minimum absolute atomic E-state index is 0.127. The van der Waals surface area contributed by atoms with E-state index in [2.05, 4.69) is 33.3 Å². The van der Waals surface area contributed by atoms with Crippen molar-refractivity contribution in [2.45, 2.75) is 102 Å². The lowest BCUT2D eigenvalue weighted by Crippen LogP contribution is -2.45. The van der Waals surface area contributed by atoms with E-state index in [4.69, 9.17) is 21.1 Å². The molecule has 5 rings (SSSR count). The van der Waals surface area contributed by atoms with Crippen LogP contribution in [0, 0.1) is 0 Å². The molecule has 4 aliphatic heterocycles. The van der Waals surface area contributed by atoms with E-state index in [0.717, 1.165) is 62.6 Å². The number of carbonyl (C=O) groups excluding carboxylic acids is 1. The van der Waals surface area contributed by atoms with Gasteiger partial charge in [-0.25, -0.2) is 4.79 Å². The average molecular weight is 476 g/mol. The van der Waals surface area contributed by atoms with Gasteiger partial charge in [-0.05, 0) is 83.4 Å². The zero-order valence-corrected chi connectivity index (χ0v) is 21.0. The standard InChI is InChI=1S/C26H38ClN3O3/c1-25(2,3)33-24(31)28-21-16-19-6-8-23(21)30(19)17-18-5-7-22(20(27)15-18)29-12-10-26(11-13-29)9-4-14-32-26/h5,7,15,19,21,23H,4,6,8-14,16-17H2,1-3H3,(H,28,31). The van der Waals surface area contributed by atoms with E-state index in [0.29, 0.717) is 12.1 Å². The van der Waals surface area contributed by atoms with Gasteiger partial charge in [-0.3, -0.25) is 4.90 Å². The summed E-state index contributed by atoms with van der Waals surface area (Å²) in [5, 5.41) is 3.96. The Kier molecular flexibility index (Phi) is 6.30. The number of hydrogen-bond acceptors (Lipinski definition) is 5. The van der Waals surface area contributed by atoms with Gasteiger partial charge in [0, 0.05) is 44.4 Å². The number of anilines is 1. The zero-order valence-electron chi connectivity index (χ0n) is 20.2. The minimum atomic E-state index is -0.473. The molecule has 0 saturated carbocycles. The van der Waals surface area contributed by atoms with Crippen molar-refractivity contribution in [2.75, 3.05) is 24.6 Å². The van der Waals surface area contributed by atoms with Gasteiger partial charge in [-0.2, -0.15) is 0 Å². The summed E-state index contributed by atoms with van der Waals surface area (Å²) in [5.74, 6) is 0. The first-order valence-electron chi connectivity index (χ1n) is 12.6. The molecule has 1 aromatic rings. The highest BCUT2D eigenvalue weighted by molar-refractivity contribution is 6.33. The third-order valence-electron chi connectivity index (χ3n) is 7.96. The smallest absolute Gasteiger partial charge is 0.407 e. The number of fused-ring (bicyclic) bond motifs is 2. The molecular formula is C26H38ClN3O3. The largest absolute Gasteiger partial charge is 0.444 e. The molecular weight excluding hydrogens is 438 g/mol. The Labute approximate surface area is 202 Å². The van der Waals surface area contributed by atoms with E-state index in [1.54, 1.807) is 0 Å². The van der Waals surface area contributed by atoms with Crippen molar-refractivity contribution in [3.8, 4) is 0 Å². The summed E-state index contributed by atoms with van der Waals surface area (Å²) < 4.78 is 11.6. The molecule has 1 aromatic carbocycles. The second-order valence-electron chi connectivity index (χ2n) is 11.4. The van der Waals surface area contributed by atoms with Gasteiger partial charge < -0.3 is 19.7 Å². The van der Waals surface area contributed by atoms with Gasteiger partial charge in [-0.15, -0.1) is 0 Å². The van der Waals surface area contributed by atoms with Gasteiger partial charge in [0.1, 0.15) is 5.60 Å². The van der Waals surface area contributed by atoms with Crippen molar-refractivity contribution in [1.29, 1.82) is 0 Å². The highest BCUT2D eigenvalue weighted by Gasteiger charge is 2.47. The normalized spacial score (nSPS) is 29.1. The van der Waals surface area contributed by atoms with Crippen molar-refractivity contribution < 1.29 is 14.3 Å². The number of rotatable bonds is 4. The lowest BCUT2D eigenvalue weighted by Gasteiger charge is -2.40. The molecule has 33 heavy (non-hydrogen) atoms. The molecule has 3 atom stereocenters. The van der Waals surface area contributed by atoms with Crippen LogP contribution in [0.4, 0.5) is 10.5 Å². The average Bonchev–Trinajstić information content (AvgIpc) is 3.43. The fourth-order valence-corrected chi connectivity index (χ4v) is 6.71. The number of hydrogen-bond donors (Lipinski definition) is 1.